The van der Waals surface area contributed by atoms with Crippen LogP contribution in [0.25, 0.3) is 0 Å². The highest BCUT2D eigenvalue weighted by Crippen LogP contribution is 2.19. The Labute approximate surface area is 126 Å². The van der Waals surface area contributed by atoms with Crippen LogP contribution in [0.4, 0.5) is 0 Å². The maximum absolute atomic E-state index is 12.7. The molecule has 0 bridgehead atoms. The minimum absolute atomic E-state index is 0.217. The van der Waals surface area contributed by atoms with E-state index in [0.717, 1.165) is 19.6 Å². The van der Waals surface area contributed by atoms with Gasteiger partial charge in [0, 0.05) is 44.8 Å². The van der Waals surface area contributed by atoms with Gasteiger partial charge in [-0.3, -0.25) is 5.10 Å². The van der Waals surface area contributed by atoms with E-state index < -0.39 is 10.0 Å². The predicted octanol–water partition coefficient (Wildman–Crippen LogP) is 0.0914. The van der Waals surface area contributed by atoms with E-state index in [1.807, 2.05) is 0 Å². The minimum Gasteiger partial charge on any atom is -0.316 e. The number of nitrogens with zero attached hydrogens (tertiary/aromatic N) is 3. The third-order valence-corrected chi connectivity index (χ3v) is 5.51. The van der Waals surface area contributed by atoms with Crippen LogP contribution >= 0.6 is 0 Å². The van der Waals surface area contributed by atoms with Crippen LogP contribution in [0.5, 0.6) is 0 Å². The Kier molecular flexibility index (Phi) is 5.37. The Morgan fingerprint density at radius 2 is 2.00 bits per heavy atom. The van der Waals surface area contributed by atoms with Crippen molar-refractivity contribution in [3.8, 4) is 0 Å². The summed E-state index contributed by atoms with van der Waals surface area (Å²) in [6.07, 6.45) is 1.57. The van der Waals surface area contributed by atoms with E-state index in [0.29, 0.717) is 31.1 Å². The van der Waals surface area contributed by atoms with Crippen LogP contribution in [-0.4, -0.2) is 67.6 Å². The van der Waals surface area contributed by atoms with Crippen LogP contribution in [-0.2, 0) is 16.6 Å². The predicted molar refractivity (Wildman–Crippen MR) is 81.4 cm³/mol. The lowest BCUT2D eigenvalue weighted by Crippen LogP contribution is -2.49. The fraction of sp³-hybridized carbons (Fsp3) is 0.769. The van der Waals surface area contributed by atoms with Crippen LogP contribution in [0.15, 0.2) is 11.2 Å². The number of nitrogens with one attached hydrogen (secondary N) is 2. The number of sulfonamides is 1. The van der Waals surface area contributed by atoms with Gasteiger partial charge in [-0.2, -0.15) is 9.40 Å². The van der Waals surface area contributed by atoms with E-state index in [1.165, 1.54) is 0 Å². The number of H-pyrrole nitrogens is 1. The quantitative estimate of drug-likeness (QED) is 0.778. The molecule has 0 saturated carbocycles. The molecule has 0 radical (unpaired) electrons. The van der Waals surface area contributed by atoms with Crippen LogP contribution in [0.1, 0.15) is 19.4 Å². The van der Waals surface area contributed by atoms with Gasteiger partial charge in [0.1, 0.15) is 0 Å². The summed E-state index contributed by atoms with van der Waals surface area (Å²) in [5.74, 6) is 0.600. The first-order valence-corrected chi connectivity index (χ1v) is 8.78. The molecule has 120 valence electrons. The summed E-state index contributed by atoms with van der Waals surface area (Å²) in [4.78, 5) is 2.32. The molecule has 1 fully saturated rings. The van der Waals surface area contributed by atoms with Gasteiger partial charge in [-0.1, -0.05) is 13.8 Å². The summed E-state index contributed by atoms with van der Waals surface area (Å²) in [7, 11) is -1.69. The number of piperazine rings is 1. The summed E-state index contributed by atoms with van der Waals surface area (Å²) in [5.41, 5.74) is 0.683. The number of rotatable bonds is 6. The van der Waals surface area contributed by atoms with Crippen molar-refractivity contribution in [2.45, 2.75) is 25.4 Å². The van der Waals surface area contributed by atoms with Crippen molar-refractivity contribution in [3.63, 3.8) is 0 Å². The second-order valence-electron chi connectivity index (χ2n) is 5.85. The van der Waals surface area contributed by atoms with Crippen LogP contribution in [0.3, 0.4) is 0 Å². The molecule has 7 nitrogen and oxygen atoms in total. The third kappa shape index (κ3) is 3.82. The van der Waals surface area contributed by atoms with E-state index in [2.05, 4.69) is 34.3 Å². The van der Waals surface area contributed by atoms with Gasteiger partial charge in [-0.05, 0) is 13.0 Å². The molecule has 0 unspecified atom stereocenters. The highest BCUT2D eigenvalue weighted by molar-refractivity contribution is 7.89. The van der Waals surface area contributed by atoms with Gasteiger partial charge in [0.15, 0.2) is 5.03 Å². The van der Waals surface area contributed by atoms with Crippen molar-refractivity contribution >= 4 is 10.0 Å². The topological polar surface area (TPSA) is 81.3 Å². The van der Waals surface area contributed by atoms with Crippen molar-refractivity contribution in [1.82, 2.24) is 24.7 Å². The van der Waals surface area contributed by atoms with Gasteiger partial charge in [0.05, 0.1) is 6.20 Å². The summed E-state index contributed by atoms with van der Waals surface area (Å²) < 4.78 is 26.9. The molecule has 1 aliphatic rings. The molecule has 1 saturated heterocycles. The van der Waals surface area contributed by atoms with E-state index in [4.69, 9.17) is 0 Å². The molecular weight excluding hydrogens is 290 g/mol. The molecule has 2 heterocycles. The highest BCUT2D eigenvalue weighted by Gasteiger charge is 2.31. The zero-order valence-corrected chi connectivity index (χ0v) is 13.8. The number of hydrogen-bond donors (Lipinski definition) is 2. The third-order valence-electron chi connectivity index (χ3n) is 3.60. The second-order valence-corrected chi connectivity index (χ2v) is 7.73. The number of aromatic nitrogens is 2. The van der Waals surface area contributed by atoms with E-state index >= 15 is 0 Å². The SMILES string of the molecule is CNCc1cn[nH]c1S(=O)(=O)N1CCN(CC(C)C)CC1. The molecule has 2 N–H and O–H groups in total. The fourth-order valence-electron chi connectivity index (χ4n) is 2.64. The lowest BCUT2D eigenvalue weighted by Gasteiger charge is -2.34. The standard InChI is InChI=1S/C13H25N5O2S/c1-11(2)10-17-4-6-18(7-5-17)21(19,20)13-12(8-14-3)9-15-16-13/h9,11,14H,4-8,10H2,1-3H3,(H,15,16). The average Bonchev–Trinajstić information content (AvgIpc) is 2.88. The van der Waals surface area contributed by atoms with Crippen LogP contribution in [0, 0.1) is 5.92 Å². The summed E-state index contributed by atoms with van der Waals surface area (Å²) >= 11 is 0. The molecule has 1 aromatic rings. The first-order chi connectivity index (χ1) is 9.95. The van der Waals surface area contributed by atoms with Crippen molar-refractivity contribution < 1.29 is 8.42 Å². The van der Waals surface area contributed by atoms with Gasteiger partial charge in [0.25, 0.3) is 10.0 Å². The smallest absolute Gasteiger partial charge is 0.260 e. The minimum atomic E-state index is -3.47. The van der Waals surface area contributed by atoms with E-state index in [1.54, 1.807) is 17.5 Å². The molecule has 0 amide bonds. The molecule has 1 aliphatic heterocycles. The van der Waals surface area contributed by atoms with Gasteiger partial charge in [-0.25, -0.2) is 8.42 Å². The Balaban J connectivity index is 2.06. The first-order valence-electron chi connectivity index (χ1n) is 7.34. The lowest BCUT2D eigenvalue weighted by molar-refractivity contribution is 0.172. The molecular formula is C13H25N5O2S. The summed E-state index contributed by atoms with van der Waals surface area (Å²) in [5, 5.41) is 9.69. The molecule has 21 heavy (non-hydrogen) atoms. The Hall–Kier alpha value is -0.960. The number of aromatic amines is 1. The molecule has 0 atom stereocenters. The second kappa shape index (κ2) is 6.87. The van der Waals surface area contributed by atoms with Gasteiger partial charge in [0.2, 0.25) is 0 Å². The van der Waals surface area contributed by atoms with Crippen molar-refractivity contribution in [2.75, 3.05) is 39.8 Å². The normalized spacial score (nSPS) is 18.5. The fourth-order valence-corrected chi connectivity index (χ4v) is 4.16. The van der Waals surface area contributed by atoms with Crippen molar-refractivity contribution in [2.24, 2.45) is 5.92 Å². The molecule has 8 heteroatoms. The van der Waals surface area contributed by atoms with E-state index in [9.17, 15) is 8.42 Å². The Bertz CT molecular complexity index is 547. The first kappa shape index (κ1) is 16.4. The van der Waals surface area contributed by atoms with Crippen molar-refractivity contribution in [3.05, 3.63) is 11.8 Å². The zero-order valence-electron chi connectivity index (χ0n) is 13.0. The molecule has 2 rings (SSSR count). The van der Waals surface area contributed by atoms with Crippen LogP contribution < -0.4 is 5.32 Å². The van der Waals surface area contributed by atoms with Crippen LogP contribution in [0.2, 0.25) is 0 Å². The Morgan fingerprint density at radius 1 is 1.33 bits per heavy atom. The summed E-state index contributed by atoms with van der Waals surface area (Å²) in [6.45, 7) is 8.50. The average molecular weight is 315 g/mol. The Morgan fingerprint density at radius 3 is 2.57 bits per heavy atom. The maximum Gasteiger partial charge on any atom is 0.260 e. The van der Waals surface area contributed by atoms with Gasteiger partial charge >= 0.3 is 0 Å². The summed E-state index contributed by atoms with van der Waals surface area (Å²) in [6, 6.07) is 0. The lowest BCUT2D eigenvalue weighted by atomic mass is 10.2. The molecule has 1 aromatic heterocycles. The zero-order chi connectivity index (χ0) is 15.5. The van der Waals surface area contributed by atoms with Crippen molar-refractivity contribution in [1.29, 1.82) is 0 Å². The monoisotopic (exact) mass is 315 g/mol. The molecule has 0 aromatic carbocycles. The van der Waals surface area contributed by atoms with Gasteiger partial charge in [-0.15, -0.1) is 0 Å². The van der Waals surface area contributed by atoms with E-state index in [-0.39, 0.29) is 5.03 Å². The highest BCUT2D eigenvalue weighted by atomic mass is 32.2. The number of hydrogen-bond acceptors (Lipinski definition) is 5. The van der Waals surface area contributed by atoms with Gasteiger partial charge < -0.3 is 10.2 Å². The maximum atomic E-state index is 12.7. The molecule has 0 aliphatic carbocycles. The molecule has 0 spiro atoms. The largest absolute Gasteiger partial charge is 0.316 e.